The topological polar surface area (TPSA) is 83.6 Å². The van der Waals surface area contributed by atoms with Gasteiger partial charge in [0.2, 0.25) is 5.79 Å². The summed E-state index contributed by atoms with van der Waals surface area (Å²) in [5.74, 6) is -1.63. The number of esters is 1. The molecule has 2 aliphatic heterocycles. The van der Waals surface area contributed by atoms with E-state index in [2.05, 4.69) is 6.92 Å². The summed E-state index contributed by atoms with van der Waals surface area (Å²) in [4.78, 5) is 26.1. The minimum Gasteiger partial charge on any atom is -0.454 e. The summed E-state index contributed by atoms with van der Waals surface area (Å²) in [6.07, 6.45) is 0.858. The van der Waals surface area contributed by atoms with Crippen LogP contribution in [-0.4, -0.2) is 55.9 Å². The van der Waals surface area contributed by atoms with Gasteiger partial charge >= 0.3 is 5.97 Å². The molecule has 3 fully saturated rings. The number of carbonyl (C=O) groups is 2. The van der Waals surface area contributed by atoms with Crippen LogP contribution in [0.2, 0.25) is 0 Å². The molecule has 0 aromatic carbocycles. The number of fused-ring (bicyclic) bond motifs is 2. The zero-order chi connectivity index (χ0) is 21.4. The van der Waals surface area contributed by atoms with E-state index < -0.39 is 41.3 Å². The number of hydrogen-bond donors (Lipinski definition) is 0. The summed E-state index contributed by atoms with van der Waals surface area (Å²) in [5, 5.41) is 0. The van der Waals surface area contributed by atoms with E-state index in [0.717, 1.165) is 5.57 Å². The lowest BCUT2D eigenvalue weighted by Crippen LogP contribution is -2.67. The molecular weight excluding hydrogens is 376 g/mol. The van der Waals surface area contributed by atoms with Gasteiger partial charge < -0.3 is 23.7 Å². The van der Waals surface area contributed by atoms with E-state index in [-0.39, 0.29) is 11.7 Å². The first-order valence-electron chi connectivity index (χ1n) is 10.2. The molecule has 160 valence electrons. The van der Waals surface area contributed by atoms with Crippen molar-refractivity contribution in [2.24, 2.45) is 11.3 Å². The lowest BCUT2D eigenvalue weighted by molar-refractivity contribution is -0.268. The van der Waals surface area contributed by atoms with E-state index in [1.807, 2.05) is 13.8 Å². The molecule has 0 bridgehead atoms. The highest BCUT2D eigenvalue weighted by atomic mass is 16.8. The molecule has 0 unspecified atom stereocenters. The van der Waals surface area contributed by atoms with Gasteiger partial charge in [0.1, 0.15) is 6.10 Å². The minimum atomic E-state index is -1.31. The summed E-state index contributed by atoms with van der Waals surface area (Å²) >= 11 is 0. The third-order valence-electron chi connectivity index (χ3n) is 7.74. The van der Waals surface area contributed by atoms with Gasteiger partial charge in [-0.2, -0.15) is 0 Å². The third-order valence-corrected chi connectivity index (χ3v) is 7.74. The van der Waals surface area contributed by atoms with Crippen LogP contribution in [0.5, 0.6) is 0 Å². The second-order valence-electron chi connectivity index (χ2n) is 8.79. The molecule has 0 aromatic rings. The number of rotatable bonds is 4. The Balaban J connectivity index is 1.94. The third kappa shape index (κ3) is 2.27. The molecule has 4 aliphatic rings. The van der Waals surface area contributed by atoms with E-state index in [1.54, 1.807) is 27.0 Å². The molecule has 0 N–H and O–H groups in total. The normalized spacial score (nSPS) is 46.2. The van der Waals surface area contributed by atoms with E-state index >= 15 is 0 Å². The van der Waals surface area contributed by atoms with Crippen molar-refractivity contribution >= 4 is 11.8 Å². The number of Topliss-reactive ketones (excluding diaryl/α,β-unsaturated/α-hetero) is 1. The summed E-state index contributed by atoms with van der Waals surface area (Å²) in [5.41, 5.74) is 0.162. The van der Waals surface area contributed by atoms with Gasteiger partial charge in [-0.3, -0.25) is 4.79 Å². The minimum absolute atomic E-state index is 0.0181. The first kappa shape index (κ1) is 20.7. The highest BCUT2D eigenvalue weighted by molar-refractivity contribution is 5.94. The Bertz CT molecular complexity index is 829. The van der Waals surface area contributed by atoms with Gasteiger partial charge in [0.25, 0.3) is 0 Å². The lowest BCUT2D eigenvalue weighted by Gasteiger charge is -2.53. The molecule has 1 spiro atoms. The standard InChI is InChI=1S/C22H30O7/c1-8-11(2)17(24)27-16-15-13(4)18(25-6)28-22(15,26-7)19-21(29-19)14(23)10-9-12(3)20(16,21)5/h8,12,16,18-19H,9-10H2,1-7H3/b11-8+/t12-,16+,18-,19-,20-,21+,22-/m0/s1. The molecule has 7 atom stereocenters. The smallest absolute Gasteiger partial charge is 0.334 e. The number of hydrogen-bond acceptors (Lipinski definition) is 7. The van der Waals surface area contributed by atoms with Crippen LogP contribution in [0.25, 0.3) is 0 Å². The lowest BCUT2D eigenvalue weighted by atomic mass is 9.51. The molecule has 7 heteroatoms. The van der Waals surface area contributed by atoms with Crippen molar-refractivity contribution in [3.63, 3.8) is 0 Å². The maximum absolute atomic E-state index is 13.2. The predicted molar refractivity (Wildman–Crippen MR) is 103 cm³/mol. The summed E-state index contributed by atoms with van der Waals surface area (Å²) in [6.45, 7) is 9.48. The van der Waals surface area contributed by atoms with Gasteiger partial charge in [0.15, 0.2) is 23.8 Å². The quantitative estimate of drug-likeness (QED) is 0.307. The van der Waals surface area contributed by atoms with Gasteiger partial charge in [0, 0.05) is 31.8 Å². The molecule has 2 saturated carbocycles. The molecule has 4 rings (SSSR count). The fraction of sp³-hybridized carbons (Fsp3) is 0.727. The fourth-order valence-electron chi connectivity index (χ4n) is 5.67. The SMILES string of the molecule is C/C=C(\C)C(=O)O[C@@H]1C2=C(C)[C@@H](OC)O[C@]2(OC)[C@H]2O[C@]23C(=O)CC[C@H](C)[C@@]13C. The van der Waals surface area contributed by atoms with E-state index in [1.165, 1.54) is 7.11 Å². The molecule has 0 amide bonds. The zero-order valence-corrected chi connectivity index (χ0v) is 18.2. The molecule has 1 saturated heterocycles. The van der Waals surface area contributed by atoms with Crippen LogP contribution in [0.1, 0.15) is 47.5 Å². The molecule has 7 nitrogen and oxygen atoms in total. The van der Waals surface area contributed by atoms with E-state index in [4.69, 9.17) is 23.7 Å². The van der Waals surface area contributed by atoms with Crippen LogP contribution in [0.4, 0.5) is 0 Å². The Morgan fingerprint density at radius 2 is 1.97 bits per heavy atom. The predicted octanol–water partition coefficient (Wildman–Crippen LogP) is 2.68. The maximum Gasteiger partial charge on any atom is 0.334 e. The first-order chi connectivity index (χ1) is 13.7. The molecule has 2 heterocycles. The molecule has 0 aromatic heterocycles. The second kappa shape index (κ2) is 6.48. The van der Waals surface area contributed by atoms with Crippen LogP contribution in [-0.2, 0) is 33.3 Å². The Kier molecular flexibility index (Phi) is 4.63. The van der Waals surface area contributed by atoms with Crippen LogP contribution >= 0.6 is 0 Å². The van der Waals surface area contributed by atoms with Gasteiger partial charge in [-0.15, -0.1) is 0 Å². The second-order valence-corrected chi connectivity index (χ2v) is 8.79. The number of epoxide rings is 1. The van der Waals surface area contributed by atoms with Gasteiger partial charge in [-0.05, 0) is 38.7 Å². The Labute approximate surface area is 171 Å². The summed E-state index contributed by atoms with van der Waals surface area (Å²) < 4.78 is 29.9. The molecular formula is C22H30O7. The Morgan fingerprint density at radius 3 is 2.55 bits per heavy atom. The number of ether oxygens (including phenoxy) is 5. The van der Waals surface area contributed by atoms with Crippen LogP contribution < -0.4 is 0 Å². The van der Waals surface area contributed by atoms with Crippen molar-refractivity contribution < 1.29 is 33.3 Å². The van der Waals surface area contributed by atoms with Crippen molar-refractivity contribution in [2.45, 2.75) is 77.3 Å². The average Bonchev–Trinajstić information content (AvgIpc) is 3.42. The van der Waals surface area contributed by atoms with Gasteiger partial charge in [-0.25, -0.2) is 4.79 Å². The van der Waals surface area contributed by atoms with Crippen LogP contribution in [0.3, 0.4) is 0 Å². The number of ketones is 1. The Hall–Kier alpha value is -1.54. The van der Waals surface area contributed by atoms with Crippen molar-refractivity contribution in [1.29, 1.82) is 0 Å². The monoisotopic (exact) mass is 406 g/mol. The number of carbonyl (C=O) groups excluding carboxylic acids is 2. The van der Waals surface area contributed by atoms with Crippen LogP contribution in [0, 0.1) is 11.3 Å². The van der Waals surface area contributed by atoms with Crippen molar-refractivity contribution in [3.8, 4) is 0 Å². The zero-order valence-electron chi connectivity index (χ0n) is 18.2. The molecule has 29 heavy (non-hydrogen) atoms. The highest BCUT2D eigenvalue weighted by Gasteiger charge is 2.88. The van der Waals surface area contributed by atoms with Crippen molar-refractivity contribution in [1.82, 2.24) is 0 Å². The Morgan fingerprint density at radius 1 is 1.28 bits per heavy atom. The number of methoxy groups -OCH3 is 2. The van der Waals surface area contributed by atoms with Crippen molar-refractivity contribution in [2.75, 3.05) is 14.2 Å². The van der Waals surface area contributed by atoms with E-state index in [0.29, 0.717) is 24.0 Å². The van der Waals surface area contributed by atoms with Gasteiger partial charge in [-0.1, -0.05) is 19.9 Å². The molecule has 2 aliphatic carbocycles. The first-order valence-corrected chi connectivity index (χ1v) is 10.2. The fourth-order valence-corrected chi connectivity index (χ4v) is 5.67. The highest BCUT2D eigenvalue weighted by Crippen LogP contribution is 2.71. The maximum atomic E-state index is 13.2. The average molecular weight is 406 g/mol. The van der Waals surface area contributed by atoms with E-state index in [9.17, 15) is 9.59 Å². The van der Waals surface area contributed by atoms with Crippen LogP contribution in [0.15, 0.2) is 22.8 Å². The summed E-state index contributed by atoms with van der Waals surface area (Å²) in [7, 11) is 3.07. The van der Waals surface area contributed by atoms with Crippen molar-refractivity contribution in [3.05, 3.63) is 22.8 Å². The summed E-state index contributed by atoms with van der Waals surface area (Å²) in [6, 6.07) is 0. The number of allylic oxidation sites excluding steroid dienone is 1. The largest absolute Gasteiger partial charge is 0.454 e. The molecule has 0 radical (unpaired) electrons. The van der Waals surface area contributed by atoms with Gasteiger partial charge in [0.05, 0.1) is 5.41 Å².